The van der Waals surface area contributed by atoms with Gasteiger partial charge >= 0.3 is 0 Å². The Morgan fingerprint density at radius 2 is 1.26 bits per heavy atom. The molecule has 8 aliphatic carbocycles. The molecule has 34 heavy (non-hydrogen) atoms. The Morgan fingerprint density at radius 1 is 0.765 bits per heavy atom. The van der Waals surface area contributed by atoms with Gasteiger partial charge in [0.2, 0.25) is 5.91 Å². The highest BCUT2D eigenvalue weighted by molar-refractivity contribution is 5.95. The van der Waals surface area contributed by atoms with E-state index in [1.807, 2.05) is 6.20 Å². The molecule has 8 fully saturated rings. The lowest BCUT2D eigenvalue weighted by molar-refractivity contribution is -0.140. The first-order valence-electron chi connectivity index (χ1n) is 13.9. The molecule has 178 valence electrons. The van der Waals surface area contributed by atoms with Crippen LogP contribution in [0.4, 0.5) is 5.69 Å². The van der Waals surface area contributed by atoms with Crippen molar-refractivity contribution in [1.29, 1.82) is 0 Å². The molecule has 1 aromatic carbocycles. The van der Waals surface area contributed by atoms with Crippen molar-refractivity contribution in [1.82, 2.24) is 15.0 Å². The summed E-state index contributed by atoms with van der Waals surface area (Å²) in [6, 6.07) is 8.37. The quantitative estimate of drug-likeness (QED) is 0.624. The minimum Gasteiger partial charge on any atom is -0.326 e. The zero-order valence-electron chi connectivity index (χ0n) is 20.1. The number of hydrogen-bond acceptors (Lipinski definition) is 3. The summed E-state index contributed by atoms with van der Waals surface area (Å²) in [6.07, 6.45) is 17.7. The van der Waals surface area contributed by atoms with Crippen LogP contribution in [0.1, 0.15) is 82.7 Å². The summed E-state index contributed by atoms with van der Waals surface area (Å²) >= 11 is 0. The van der Waals surface area contributed by atoms with E-state index >= 15 is 0 Å². The molecular weight excluding hydrogens is 420 g/mol. The Hall–Kier alpha value is -2.17. The lowest BCUT2D eigenvalue weighted by Gasteiger charge is -2.56. The topological polar surface area (TPSA) is 59.8 Å². The first-order chi connectivity index (χ1) is 16.6. The number of aromatic nitrogens is 3. The highest BCUT2D eigenvalue weighted by atomic mass is 16.2. The standard InChI is InChI=1S/C29H36N4O/c34-27(29-14-21-8-22(15-29)10-23(9-21)16-29)31-24-1-3-25(4-2-24)33-26(17-30-32-33)28-11-18-5-19(12-28)7-20(6-18)13-28/h1-4,17-23H,5-16H2,(H,31,34). The van der Waals surface area contributed by atoms with Gasteiger partial charge in [0.1, 0.15) is 0 Å². The van der Waals surface area contributed by atoms with E-state index in [2.05, 4.69) is 44.6 Å². The molecule has 0 radical (unpaired) electrons. The van der Waals surface area contributed by atoms with Gasteiger partial charge in [-0.15, -0.1) is 5.10 Å². The van der Waals surface area contributed by atoms with Crippen LogP contribution >= 0.6 is 0 Å². The summed E-state index contributed by atoms with van der Waals surface area (Å²) < 4.78 is 2.10. The molecule has 8 aliphatic rings. The molecule has 5 heteroatoms. The van der Waals surface area contributed by atoms with Gasteiger partial charge in [0, 0.05) is 11.1 Å². The average molecular weight is 457 g/mol. The van der Waals surface area contributed by atoms with Crippen LogP contribution in [-0.4, -0.2) is 20.9 Å². The first-order valence-corrected chi connectivity index (χ1v) is 13.9. The molecular formula is C29H36N4O. The van der Waals surface area contributed by atoms with Crippen LogP contribution < -0.4 is 5.32 Å². The van der Waals surface area contributed by atoms with Crippen molar-refractivity contribution < 1.29 is 4.79 Å². The van der Waals surface area contributed by atoms with Gasteiger partial charge in [-0.25, -0.2) is 4.68 Å². The molecule has 0 saturated heterocycles. The van der Waals surface area contributed by atoms with E-state index in [4.69, 9.17) is 0 Å². The fraction of sp³-hybridized carbons (Fsp3) is 0.690. The van der Waals surface area contributed by atoms with Gasteiger partial charge in [-0.2, -0.15) is 0 Å². The van der Waals surface area contributed by atoms with E-state index in [1.54, 1.807) is 0 Å². The third kappa shape index (κ3) is 2.94. The Balaban J connectivity index is 1.03. The molecule has 5 nitrogen and oxygen atoms in total. The van der Waals surface area contributed by atoms with Crippen LogP contribution in [0.3, 0.4) is 0 Å². The van der Waals surface area contributed by atoms with Crippen molar-refractivity contribution in [2.24, 2.45) is 40.9 Å². The van der Waals surface area contributed by atoms with E-state index in [-0.39, 0.29) is 16.7 Å². The molecule has 1 amide bonds. The van der Waals surface area contributed by atoms with Crippen molar-refractivity contribution in [3.8, 4) is 5.69 Å². The maximum absolute atomic E-state index is 13.5. The Morgan fingerprint density at radius 3 is 1.79 bits per heavy atom. The van der Waals surface area contributed by atoms with Gasteiger partial charge in [-0.1, -0.05) is 5.21 Å². The summed E-state index contributed by atoms with van der Waals surface area (Å²) in [5, 5.41) is 12.2. The third-order valence-electron chi connectivity index (χ3n) is 11.0. The summed E-state index contributed by atoms with van der Waals surface area (Å²) in [5.74, 6) is 5.33. The van der Waals surface area contributed by atoms with Crippen LogP contribution in [0.2, 0.25) is 0 Å². The predicted octanol–water partition coefficient (Wildman–Crippen LogP) is 5.89. The SMILES string of the molecule is O=C(Nc1ccc(-n2nncc2C23CC4CC(CC(C4)C2)C3)cc1)C12CC3CC(CC(C3)C1)C2. The summed E-state index contributed by atoms with van der Waals surface area (Å²) in [6.45, 7) is 0. The predicted molar refractivity (Wildman–Crippen MR) is 130 cm³/mol. The second-order valence-electron chi connectivity index (χ2n) is 13.4. The number of nitrogens with zero attached hydrogens (tertiary/aromatic N) is 3. The molecule has 0 aliphatic heterocycles. The Bertz CT molecular complexity index is 1060. The second kappa shape index (κ2) is 6.95. The van der Waals surface area contributed by atoms with Crippen molar-refractivity contribution in [3.05, 3.63) is 36.2 Å². The number of nitrogens with one attached hydrogen (secondary N) is 1. The normalized spacial score (nSPS) is 43.4. The van der Waals surface area contributed by atoms with Gasteiger partial charge in [0.15, 0.2) is 0 Å². The summed E-state index contributed by atoms with van der Waals surface area (Å²) in [5.41, 5.74) is 3.46. The third-order valence-corrected chi connectivity index (χ3v) is 11.0. The number of carbonyl (C=O) groups is 1. The molecule has 1 heterocycles. The fourth-order valence-electron chi connectivity index (χ4n) is 10.6. The van der Waals surface area contributed by atoms with Crippen LogP contribution in [0, 0.1) is 40.9 Å². The van der Waals surface area contributed by atoms with Gasteiger partial charge in [0.25, 0.3) is 0 Å². The van der Waals surface area contributed by atoms with Gasteiger partial charge in [-0.05, 0) is 137 Å². The number of anilines is 1. The number of benzene rings is 1. The zero-order valence-corrected chi connectivity index (χ0v) is 20.1. The zero-order chi connectivity index (χ0) is 22.5. The van der Waals surface area contributed by atoms with Crippen molar-refractivity contribution in [2.45, 2.75) is 82.5 Å². The van der Waals surface area contributed by atoms with Crippen molar-refractivity contribution in [2.75, 3.05) is 5.32 Å². The van der Waals surface area contributed by atoms with Crippen LogP contribution in [0.25, 0.3) is 5.69 Å². The smallest absolute Gasteiger partial charge is 0.230 e. The van der Waals surface area contributed by atoms with E-state index < -0.39 is 0 Å². The van der Waals surface area contributed by atoms with Crippen molar-refractivity contribution in [3.63, 3.8) is 0 Å². The van der Waals surface area contributed by atoms with Gasteiger partial charge in [-0.3, -0.25) is 4.79 Å². The summed E-state index contributed by atoms with van der Waals surface area (Å²) in [4.78, 5) is 13.5. The minimum absolute atomic E-state index is 0.106. The van der Waals surface area contributed by atoms with Crippen molar-refractivity contribution >= 4 is 11.6 Å². The monoisotopic (exact) mass is 456 g/mol. The highest BCUT2D eigenvalue weighted by Crippen LogP contribution is 2.61. The molecule has 1 N–H and O–H groups in total. The largest absolute Gasteiger partial charge is 0.326 e. The van der Waals surface area contributed by atoms with Crippen LogP contribution in [0.5, 0.6) is 0 Å². The van der Waals surface area contributed by atoms with Crippen LogP contribution in [0.15, 0.2) is 30.5 Å². The molecule has 2 aromatic rings. The molecule has 8 bridgehead atoms. The molecule has 8 saturated carbocycles. The summed E-state index contributed by atoms with van der Waals surface area (Å²) in [7, 11) is 0. The molecule has 0 unspecified atom stereocenters. The average Bonchev–Trinajstić information content (AvgIpc) is 3.29. The Kier molecular flexibility index (Phi) is 4.10. The van der Waals surface area contributed by atoms with Gasteiger partial charge < -0.3 is 5.32 Å². The minimum atomic E-state index is -0.106. The second-order valence-corrected chi connectivity index (χ2v) is 13.4. The van der Waals surface area contributed by atoms with E-state index in [9.17, 15) is 4.79 Å². The van der Waals surface area contributed by atoms with E-state index in [1.165, 1.54) is 63.5 Å². The number of hydrogen-bond donors (Lipinski definition) is 1. The number of carbonyl (C=O) groups excluding carboxylic acids is 1. The first kappa shape index (κ1) is 20.1. The maximum Gasteiger partial charge on any atom is 0.230 e. The number of amides is 1. The Labute approximate surface area is 202 Å². The molecule has 1 aromatic heterocycles. The van der Waals surface area contributed by atoms with Crippen LogP contribution in [-0.2, 0) is 10.2 Å². The van der Waals surface area contributed by atoms with E-state index in [0.717, 1.165) is 66.1 Å². The number of rotatable bonds is 4. The molecule has 0 spiro atoms. The lowest BCUT2D eigenvalue weighted by Crippen LogP contribution is -2.51. The molecule has 0 atom stereocenters. The van der Waals surface area contributed by atoms with Gasteiger partial charge in [0.05, 0.1) is 23.0 Å². The fourth-order valence-corrected chi connectivity index (χ4v) is 10.6. The van der Waals surface area contributed by atoms with E-state index in [0.29, 0.717) is 0 Å². The maximum atomic E-state index is 13.5. The lowest BCUT2D eigenvalue weighted by atomic mass is 9.49. The highest BCUT2D eigenvalue weighted by Gasteiger charge is 2.55. The molecule has 10 rings (SSSR count).